The lowest BCUT2D eigenvalue weighted by Crippen LogP contribution is -2.93. The molecule has 0 saturated carbocycles. The first kappa shape index (κ1) is 6.55. The van der Waals surface area contributed by atoms with Crippen molar-refractivity contribution in [2.45, 2.75) is 25.3 Å². The topological polar surface area (TPSA) is 59.7 Å². The first-order valence-electron chi connectivity index (χ1n) is 3.43. The lowest BCUT2D eigenvalue weighted by atomic mass is 10.1. The minimum atomic E-state index is -0.158. The molecule has 1 atom stereocenters. The van der Waals surface area contributed by atoms with E-state index in [9.17, 15) is 4.79 Å². The molecule has 1 fully saturated rings. The minimum Gasteiger partial charge on any atom is -0.365 e. The Bertz CT molecular complexity index is 108. The van der Waals surface area contributed by atoms with E-state index in [1.165, 1.54) is 6.42 Å². The summed E-state index contributed by atoms with van der Waals surface area (Å²) in [5.74, 6) is -0.158. The Morgan fingerprint density at radius 3 is 2.67 bits per heavy atom. The maximum absolute atomic E-state index is 10.5. The van der Waals surface area contributed by atoms with E-state index < -0.39 is 0 Å². The van der Waals surface area contributed by atoms with Gasteiger partial charge in [-0.25, -0.2) is 0 Å². The van der Waals surface area contributed by atoms with Gasteiger partial charge in [0.05, 0.1) is 6.54 Å². The number of rotatable bonds is 1. The highest BCUT2D eigenvalue weighted by molar-refractivity contribution is 5.78. The second-order valence-electron chi connectivity index (χ2n) is 2.53. The van der Waals surface area contributed by atoms with Crippen molar-refractivity contribution in [2.75, 3.05) is 6.54 Å². The van der Waals surface area contributed by atoms with Crippen molar-refractivity contribution in [1.82, 2.24) is 0 Å². The number of quaternary nitrogens is 1. The van der Waals surface area contributed by atoms with Gasteiger partial charge in [-0.05, 0) is 12.8 Å². The Labute approximate surface area is 54.6 Å². The zero-order chi connectivity index (χ0) is 6.69. The number of nitrogens with two attached hydrogens (primary N) is 2. The molecule has 1 heterocycles. The number of hydrogen-bond acceptors (Lipinski definition) is 1. The third kappa shape index (κ3) is 1.68. The molecule has 1 aliphatic heterocycles. The fourth-order valence-corrected chi connectivity index (χ4v) is 1.20. The summed E-state index contributed by atoms with van der Waals surface area (Å²) in [6.07, 6.45) is 3.35. The lowest BCUT2D eigenvalue weighted by molar-refractivity contribution is -0.684. The summed E-state index contributed by atoms with van der Waals surface area (Å²) in [4.78, 5) is 10.5. The predicted molar refractivity (Wildman–Crippen MR) is 33.6 cm³/mol. The van der Waals surface area contributed by atoms with Crippen molar-refractivity contribution < 1.29 is 10.1 Å². The van der Waals surface area contributed by atoms with Crippen LogP contribution in [0.4, 0.5) is 0 Å². The number of amides is 1. The molecule has 0 aromatic rings. The minimum absolute atomic E-state index is 0.0683. The third-order valence-electron chi connectivity index (χ3n) is 1.79. The average molecular weight is 129 g/mol. The molecule has 0 radical (unpaired) electrons. The molecule has 0 aliphatic carbocycles. The molecule has 1 rings (SSSR count). The van der Waals surface area contributed by atoms with Crippen molar-refractivity contribution in [3.8, 4) is 0 Å². The molecule has 0 spiro atoms. The number of primary amides is 1. The van der Waals surface area contributed by atoms with Crippen LogP contribution in [0.5, 0.6) is 0 Å². The second kappa shape index (κ2) is 2.82. The highest BCUT2D eigenvalue weighted by Crippen LogP contribution is 1.99. The highest BCUT2D eigenvalue weighted by Gasteiger charge is 2.20. The van der Waals surface area contributed by atoms with Crippen LogP contribution < -0.4 is 11.1 Å². The number of piperidine rings is 1. The summed E-state index contributed by atoms with van der Waals surface area (Å²) in [6.45, 7) is 1.06. The SMILES string of the molecule is NC(=O)[C@H]1CCCC[NH2+]1. The molecule has 3 nitrogen and oxygen atoms in total. The molecule has 3 heteroatoms. The quantitative estimate of drug-likeness (QED) is 0.449. The van der Waals surface area contributed by atoms with E-state index >= 15 is 0 Å². The summed E-state index contributed by atoms with van der Waals surface area (Å²) < 4.78 is 0. The summed E-state index contributed by atoms with van der Waals surface area (Å²) in [7, 11) is 0. The van der Waals surface area contributed by atoms with Gasteiger partial charge >= 0.3 is 0 Å². The van der Waals surface area contributed by atoms with Crippen LogP contribution in [0.2, 0.25) is 0 Å². The Balaban J connectivity index is 2.31. The summed E-state index contributed by atoms with van der Waals surface area (Å²) in [6, 6.07) is 0.0683. The molecule has 0 unspecified atom stereocenters. The van der Waals surface area contributed by atoms with Crippen LogP contribution in [0.3, 0.4) is 0 Å². The molecular weight excluding hydrogens is 116 g/mol. The standard InChI is InChI=1S/C6H12N2O/c7-6(9)5-3-1-2-4-8-5/h5,8H,1-4H2,(H2,7,9)/p+1/t5-/m1/s1. The molecule has 9 heavy (non-hydrogen) atoms. The van der Waals surface area contributed by atoms with Crippen molar-refractivity contribution in [3.63, 3.8) is 0 Å². The van der Waals surface area contributed by atoms with Crippen LogP contribution in [-0.4, -0.2) is 18.5 Å². The second-order valence-corrected chi connectivity index (χ2v) is 2.53. The van der Waals surface area contributed by atoms with E-state index in [0.717, 1.165) is 19.4 Å². The van der Waals surface area contributed by atoms with Crippen LogP contribution in [0.25, 0.3) is 0 Å². The Morgan fingerprint density at radius 1 is 1.56 bits per heavy atom. The van der Waals surface area contributed by atoms with E-state index in [4.69, 9.17) is 5.73 Å². The van der Waals surface area contributed by atoms with Crippen LogP contribution in [0, 0.1) is 0 Å². The van der Waals surface area contributed by atoms with E-state index in [1.54, 1.807) is 0 Å². The van der Waals surface area contributed by atoms with Gasteiger partial charge in [0.2, 0.25) is 0 Å². The maximum atomic E-state index is 10.5. The molecule has 52 valence electrons. The zero-order valence-corrected chi connectivity index (χ0v) is 5.47. The van der Waals surface area contributed by atoms with Crippen LogP contribution in [0.15, 0.2) is 0 Å². The normalized spacial score (nSPS) is 27.8. The fraction of sp³-hybridized carbons (Fsp3) is 0.833. The van der Waals surface area contributed by atoms with Crippen molar-refractivity contribution in [1.29, 1.82) is 0 Å². The van der Waals surface area contributed by atoms with Gasteiger partial charge in [-0.2, -0.15) is 0 Å². The number of carbonyl (C=O) groups is 1. The van der Waals surface area contributed by atoms with Gasteiger partial charge in [-0.1, -0.05) is 0 Å². The molecule has 0 aromatic heterocycles. The molecule has 1 aliphatic rings. The van der Waals surface area contributed by atoms with Gasteiger partial charge < -0.3 is 11.1 Å². The van der Waals surface area contributed by atoms with E-state index in [2.05, 4.69) is 0 Å². The van der Waals surface area contributed by atoms with Crippen molar-refractivity contribution in [2.24, 2.45) is 5.73 Å². The van der Waals surface area contributed by atoms with Crippen molar-refractivity contribution >= 4 is 5.91 Å². The van der Waals surface area contributed by atoms with Crippen molar-refractivity contribution in [3.05, 3.63) is 0 Å². The highest BCUT2D eigenvalue weighted by atomic mass is 16.1. The number of hydrogen-bond donors (Lipinski definition) is 2. The van der Waals surface area contributed by atoms with Crippen LogP contribution in [0.1, 0.15) is 19.3 Å². The summed E-state index contributed by atoms with van der Waals surface area (Å²) >= 11 is 0. The van der Waals surface area contributed by atoms with Gasteiger partial charge in [0.25, 0.3) is 5.91 Å². The maximum Gasteiger partial charge on any atom is 0.275 e. The van der Waals surface area contributed by atoms with Gasteiger partial charge in [0.15, 0.2) is 6.04 Å². The molecule has 0 aromatic carbocycles. The molecule has 1 saturated heterocycles. The molecular formula is C6H13N2O+. The summed E-state index contributed by atoms with van der Waals surface area (Å²) in [5.41, 5.74) is 5.10. The van der Waals surface area contributed by atoms with Crippen LogP contribution in [-0.2, 0) is 4.79 Å². The van der Waals surface area contributed by atoms with Gasteiger partial charge in [0, 0.05) is 6.42 Å². The number of carbonyl (C=O) groups excluding carboxylic acids is 1. The first-order valence-corrected chi connectivity index (χ1v) is 3.43. The fourth-order valence-electron chi connectivity index (χ4n) is 1.20. The zero-order valence-electron chi connectivity index (χ0n) is 5.47. The largest absolute Gasteiger partial charge is 0.365 e. The monoisotopic (exact) mass is 129 g/mol. The van der Waals surface area contributed by atoms with Gasteiger partial charge in [0.1, 0.15) is 0 Å². The van der Waals surface area contributed by atoms with Gasteiger partial charge in [-0.3, -0.25) is 4.79 Å². The predicted octanol–water partition coefficient (Wildman–Crippen LogP) is -1.41. The molecule has 0 bridgehead atoms. The Kier molecular flexibility index (Phi) is 2.05. The van der Waals surface area contributed by atoms with Gasteiger partial charge in [-0.15, -0.1) is 0 Å². The third-order valence-corrected chi connectivity index (χ3v) is 1.79. The molecule has 1 amide bonds. The van der Waals surface area contributed by atoms with Crippen LogP contribution >= 0.6 is 0 Å². The average Bonchev–Trinajstić information content (AvgIpc) is 1.90. The van der Waals surface area contributed by atoms with E-state index in [-0.39, 0.29) is 11.9 Å². The first-order chi connectivity index (χ1) is 4.30. The molecule has 4 N–H and O–H groups in total. The lowest BCUT2D eigenvalue weighted by Gasteiger charge is -2.16. The van der Waals surface area contributed by atoms with E-state index in [1.807, 2.05) is 5.32 Å². The smallest absolute Gasteiger partial charge is 0.275 e. The Morgan fingerprint density at radius 2 is 2.33 bits per heavy atom. The summed E-state index contributed by atoms with van der Waals surface area (Å²) in [5, 5.41) is 2.03. The van der Waals surface area contributed by atoms with E-state index in [0.29, 0.717) is 0 Å². The Hall–Kier alpha value is -0.570.